The van der Waals surface area contributed by atoms with Crippen LogP contribution in [0.25, 0.3) is 21.5 Å². The number of amidine groups is 3. The molecule has 3 N–H and O–H groups in total. The molecule has 2 unspecified atom stereocenters. The van der Waals surface area contributed by atoms with Gasteiger partial charge in [0.1, 0.15) is 75.9 Å². The molecule has 4 aromatic carbocycles. The Kier molecular flexibility index (Phi) is 13.5. The minimum atomic E-state index is -0.567. The molecule has 9 rings (SSSR count). The average Bonchev–Trinajstić information content (AvgIpc) is 4.05. The van der Waals surface area contributed by atoms with Gasteiger partial charge in [0.15, 0.2) is 11.7 Å². The fraction of sp³-hybridized carbons (Fsp3) is 0.466. The van der Waals surface area contributed by atoms with E-state index in [0.29, 0.717) is 57.4 Å². The Balaban J connectivity index is 1.38. The number of benzene rings is 4. The van der Waals surface area contributed by atoms with Crippen LogP contribution in [0, 0.1) is 41.4 Å². The molecule has 0 saturated heterocycles. The number of rotatable bonds is 15. The fourth-order valence-electron chi connectivity index (χ4n) is 10.4. The number of hydrogen-bond donors (Lipinski definition) is 3. The van der Waals surface area contributed by atoms with Gasteiger partial charge >= 0.3 is 0 Å². The second-order valence-corrected chi connectivity index (χ2v) is 21.8. The summed E-state index contributed by atoms with van der Waals surface area (Å²) in [4.78, 5) is 34.6. The van der Waals surface area contributed by atoms with Crippen LogP contribution in [0.3, 0.4) is 0 Å². The molecule has 3 aliphatic heterocycles. The lowest BCUT2D eigenvalue weighted by Crippen LogP contribution is -2.29. The van der Waals surface area contributed by atoms with Gasteiger partial charge in [0.05, 0.1) is 28.0 Å². The summed E-state index contributed by atoms with van der Waals surface area (Å²) in [5, 5.41) is 7.10. The summed E-state index contributed by atoms with van der Waals surface area (Å²) in [6, 6.07) is 24.5. The van der Waals surface area contributed by atoms with E-state index < -0.39 is 6.17 Å². The molecule has 0 amide bonds. The predicted octanol–water partition coefficient (Wildman–Crippen LogP) is 12.7. The number of aliphatic imine (C=N–C) groups is 3. The number of H-pyrrole nitrogens is 2. The highest BCUT2D eigenvalue weighted by Crippen LogP contribution is 2.44. The SMILES string of the molecule is CC(C)C(C)Oc1cccc2c3[nH]/c(c12)=N\C1N/C(=N\c2[nH]c(c4c(OC(C(C)C)C(C)C)cccc24)/N=C2\N=C(N=3)c3c(OC(C(C)C)C(C)C)cccc32)c2c(OC(C(C)C)C(C)C)cccc21. The molecule has 0 spiro atoms. The van der Waals surface area contributed by atoms with Gasteiger partial charge in [0, 0.05) is 21.9 Å². The summed E-state index contributed by atoms with van der Waals surface area (Å²) >= 11 is 0. The van der Waals surface area contributed by atoms with E-state index in [1.54, 1.807) is 0 Å². The molecule has 0 fully saturated rings. The lowest BCUT2D eigenvalue weighted by atomic mass is 9.96. The van der Waals surface area contributed by atoms with Crippen LogP contribution in [0.4, 0.5) is 11.6 Å². The van der Waals surface area contributed by atoms with Crippen LogP contribution < -0.4 is 35.2 Å². The Morgan fingerprint density at radius 1 is 0.429 bits per heavy atom. The maximum atomic E-state index is 7.01. The molecule has 0 radical (unpaired) electrons. The van der Waals surface area contributed by atoms with Crippen molar-refractivity contribution in [1.82, 2.24) is 15.3 Å². The van der Waals surface area contributed by atoms with Crippen molar-refractivity contribution in [1.29, 1.82) is 0 Å². The Labute approximate surface area is 413 Å². The number of aromatic nitrogens is 2. The third-order valence-electron chi connectivity index (χ3n) is 14.0. The molecule has 368 valence electrons. The van der Waals surface area contributed by atoms with E-state index in [2.05, 4.69) is 137 Å². The van der Waals surface area contributed by atoms with Gasteiger partial charge in [-0.1, -0.05) is 145 Å². The first kappa shape index (κ1) is 48.6. The second-order valence-electron chi connectivity index (χ2n) is 21.8. The van der Waals surface area contributed by atoms with E-state index in [1.165, 1.54) is 0 Å². The zero-order chi connectivity index (χ0) is 49.9. The molecule has 3 aliphatic rings. The van der Waals surface area contributed by atoms with Crippen LogP contribution in [0.15, 0.2) is 97.8 Å². The van der Waals surface area contributed by atoms with Gasteiger partial charge in [0.25, 0.3) is 0 Å². The molecule has 70 heavy (non-hydrogen) atoms. The van der Waals surface area contributed by atoms with Gasteiger partial charge in [0.2, 0.25) is 0 Å². The quantitative estimate of drug-likeness (QED) is 0.0939. The first-order valence-electron chi connectivity index (χ1n) is 25.6. The van der Waals surface area contributed by atoms with E-state index in [-0.39, 0.29) is 65.8 Å². The summed E-state index contributed by atoms with van der Waals surface area (Å²) in [7, 11) is 0. The van der Waals surface area contributed by atoms with Crippen LogP contribution >= 0.6 is 0 Å². The lowest BCUT2D eigenvalue weighted by Gasteiger charge is -2.27. The Morgan fingerprint density at radius 2 is 0.957 bits per heavy atom. The van der Waals surface area contributed by atoms with Crippen molar-refractivity contribution in [2.75, 3.05) is 0 Å². The maximum absolute atomic E-state index is 7.01. The van der Waals surface area contributed by atoms with Crippen LogP contribution in [-0.2, 0) is 0 Å². The van der Waals surface area contributed by atoms with E-state index in [4.69, 9.17) is 43.9 Å². The number of nitrogens with zero attached hydrogens (tertiary/aromatic N) is 5. The molecule has 12 nitrogen and oxygen atoms in total. The Morgan fingerprint density at radius 3 is 1.56 bits per heavy atom. The molecule has 5 heterocycles. The number of ether oxygens (including phenoxy) is 4. The molecular weight excluding hydrogens is 873 g/mol. The number of fused-ring (bicyclic) bond motifs is 19. The first-order valence-corrected chi connectivity index (χ1v) is 25.6. The van der Waals surface area contributed by atoms with Crippen molar-refractivity contribution < 1.29 is 18.9 Å². The largest absolute Gasteiger partial charge is 0.490 e. The topological polar surface area (TPSA) is 142 Å². The lowest BCUT2D eigenvalue weighted by molar-refractivity contribution is 0.105. The van der Waals surface area contributed by atoms with E-state index in [1.807, 2.05) is 54.6 Å². The summed E-state index contributed by atoms with van der Waals surface area (Å²) < 4.78 is 27.8. The molecule has 2 aromatic heterocycles. The van der Waals surface area contributed by atoms with Gasteiger partial charge in [-0.25, -0.2) is 25.0 Å². The summed E-state index contributed by atoms with van der Waals surface area (Å²) in [6.07, 6.45) is -0.789. The van der Waals surface area contributed by atoms with Crippen LogP contribution in [-0.4, -0.2) is 51.9 Å². The molecule has 0 aliphatic carbocycles. The fourth-order valence-corrected chi connectivity index (χ4v) is 10.4. The average molecular weight is 945 g/mol. The first-order chi connectivity index (χ1) is 33.4. The monoisotopic (exact) mass is 945 g/mol. The van der Waals surface area contributed by atoms with Gasteiger partial charge in [-0.05, 0) is 72.6 Å². The van der Waals surface area contributed by atoms with Gasteiger partial charge in [-0.15, -0.1) is 0 Å². The number of nitrogens with one attached hydrogen (secondary N) is 3. The minimum Gasteiger partial charge on any atom is -0.490 e. The third kappa shape index (κ3) is 9.10. The van der Waals surface area contributed by atoms with Crippen molar-refractivity contribution in [3.63, 3.8) is 0 Å². The van der Waals surface area contributed by atoms with Gasteiger partial charge < -0.3 is 34.2 Å². The summed E-state index contributed by atoms with van der Waals surface area (Å²) in [5.74, 6) is 7.48. The van der Waals surface area contributed by atoms with Gasteiger partial charge in [-0.2, -0.15) is 0 Å². The van der Waals surface area contributed by atoms with Crippen LogP contribution in [0.2, 0.25) is 0 Å². The zero-order valence-corrected chi connectivity index (χ0v) is 43.7. The van der Waals surface area contributed by atoms with Crippen molar-refractivity contribution in [3.05, 3.63) is 106 Å². The molecular formula is C58H72N8O4. The third-order valence-corrected chi connectivity index (χ3v) is 14.0. The molecule has 2 atom stereocenters. The smallest absolute Gasteiger partial charge is 0.168 e. The van der Waals surface area contributed by atoms with Crippen LogP contribution in [0.1, 0.15) is 132 Å². The number of hydrogen-bond acceptors (Lipinski definition) is 10. The second kappa shape index (κ2) is 19.4. The van der Waals surface area contributed by atoms with E-state index >= 15 is 0 Å². The molecule has 0 saturated carbocycles. The van der Waals surface area contributed by atoms with Crippen LogP contribution in [0.5, 0.6) is 23.0 Å². The molecule has 8 bridgehead atoms. The Hall–Kier alpha value is -6.43. The highest BCUT2D eigenvalue weighted by molar-refractivity contribution is 6.25. The highest BCUT2D eigenvalue weighted by atomic mass is 16.5. The van der Waals surface area contributed by atoms with Gasteiger partial charge in [-0.3, -0.25) is 0 Å². The van der Waals surface area contributed by atoms with Crippen molar-refractivity contribution >= 4 is 50.7 Å². The van der Waals surface area contributed by atoms with E-state index in [0.717, 1.165) is 49.5 Å². The summed E-state index contributed by atoms with van der Waals surface area (Å²) in [5.41, 5.74) is 4.57. The predicted molar refractivity (Wildman–Crippen MR) is 284 cm³/mol. The zero-order valence-electron chi connectivity index (χ0n) is 43.7. The Bertz CT molecular complexity index is 3130. The molecule has 6 aromatic rings. The molecule has 12 heteroatoms. The van der Waals surface area contributed by atoms with E-state index in [9.17, 15) is 0 Å². The standard InChI is InChI=1S/C58H72N8O4/c1-28(2)35(15)67-40-24-16-20-36-44(40)55-59-51(36)61-56-46-38(22-18-26-42(46)69-49(31(7)8)32(9)10)53(63-56)65-58-47-39(23-19-27-43(47)70-50(33(11)12)34(13)14)54(66-58)64-57-45-37(52(60-55)62-57)21-17-25-41(45)68-48(29(3)4)30(5)6/h16-35,48-50,52,66H,1-15H3,(H,62,64)(H,59,60,61,63,65). The summed E-state index contributed by atoms with van der Waals surface area (Å²) in [6.45, 7) is 32.9. The highest BCUT2D eigenvalue weighted by Gasteiger charge is 2.35. The normalized spacial score (nSPS) is 17.9. The number of aromatic amines is 2. The van der Waals surface area contributed by atoms with Crippen molar-refractivity contribution in [2.45, 2.75) is 134 Å². The van der Waals surface area contributed by atoms with Crippen molar-refractivity contribution in [2.24, 2.45) is 66.4 Å². The minimum absolute atomic E-state index is 0.0417. The maximum Gasteiger partial charge on any atom is 0.168 e. The van der Waals surface area contributed by atoms with Crippen molar-refractivity contribution in [3.8, 4) is 23.0 Å².